The summed E-state index contributed by atoms with van der Waals surface area (Å²) in [6.07, 6.45) is 1.21. The Labute approximate surface area is 120 Å². The van der Waals surface area contributed by atoms with Crippen LogP contribution in [0.2, 0.25) is 0 Å². The van der Waals surface area contributed by atoms with Crippen molar-refractivity contribution in [1.82, 2.24) is 4.72 Å². The maximum Gasteiger partial charge on any atom is 0.217 e. The summed E-state index contributed by atoms with van der Waals surface area (Å²) < 4.78 is 37.9. The molecule has 6 heteroatoms. The average Bonchev–Trinajstić information content (AvgIpc) is 3.00. The van der Waals surface area contributed by atoms with Gasteiger partial charge < -0.3 is 9.47 Å². The highest BCUT2D eigenvalue weighted by atomic mass is 32.2. The van der Waals surface area contributed by atoms with Crippen molar-refractivity contribution in [3.8, 4) is 5.75 Å². The van der Waals surface area contributed by atoms with Crippen molar-refractivity contribution in [2.24, 2.45) is 0 Å². The number of ether oxygens (including phenoxy) is 2. The topological polar surface area (TPSA) is 64.6 Å². The van der Waals surface area contributed by atoms with Gasteiger partial charge in [-0.25, -0.2) is 13.1 Å². The molecule has 1 N–H and O–H groups in total. The van der Waals surface area contributed by atoms with E-state index in [1.165, 1.54) is 0 Å². The molecule has 1 heterocycles. The van der Waals surface area contributed by atoms with Crippen LogP contribution in [0.5, 0.6) is 5.75 Å². The fourth-order valence-electron chi connectivity index (χ4n) is 2.37. The van der Waals surface area contributed by atoms with E-state index in [9.17, 15) is 8.42 Å². The van der Waals surface area contributed by atoms with Crippen LogP contribution in [-0.4, -0.2) is 34.0 Å². The number of hydrogen-bond acceptors (Lipinski definition) is 4. The Hall–Kier alpha value is -1.11. The molecular weight excluding hydrogens is 278 g/mol. The molecule has 0 amide bonds. The van der Waals surface area contributed by atoms with Gasteiger partial charge in [0.25, 0.3) is 0 Å². The van der Waals surface area contributed by atoms with Crippen LogP contribution in [0.25, 0.3) is 0 Å². The zero-order chi connectivity index (χ0) is 14.6. The Kier molecular flexibility index (Phi) is 5.01. The molecule has 1 aromatic rings. The molecule has 0 saturated carbocycles. The van der Waals surface area contributed by atoms with Gasteiger partial charge in [0.15, 0.2) is 0 Å². The Morgan fingerprint density at radius 3 is 2.80 bits per heavy atom. The molecule has 1 aliphatic rings. The summed E-state index contributed by atoms with van der Waals surface area (Å²) in [7, 11) is -1.79. The lowest BCUT2D eigenvalue weighted by Crippen LogP contribution is -2.37. The molecule has 2 unspecified atom stereocenters. The van der Waals surface area contributed by atoms with Crippen LogP contribution in [0.15, 0.2) is 24.3 Å². The van der Waals surface area contributed by atoms with Gasteiger partial charge in [-0.05, 0) is 18.9 Å². The molecule has 20 heavy (non-hydrogen) atoms. The minimum atomic E-state index is -3.38. The first-order valence-electron chi connectivity index (χ1n) is 6.80. The van der Waals surface area contributed by atoms with E-state index >= 15 is 0 Å². The monoisotopic (exact) mass is 299 g/mol. The van der Waals surface area contributed by atoms with Crippen molar-refractivity contribution in [2.75, 3.05) is 20.3 Å². The molecule has 1 aromatic carbocycles. The average molecular weight is 299 g/mol. The third-order valence-electron chi connectivity index (χ3n) is 3.56. The number of sulfonamides is 1. The number of para-hydroxylation sites is 1. The quantitative estimate of drug-likeness (QED) is 0.870. The van der Waals surface area contributed by atoms with Gasteiger partial charge in [-0.2, -0.15) is 0 Å². The van der Waals surface area contributed by atoms with E-state index in [-0.39, 0.29) is 12.6 Å². The second kappa shape index (κ2) is 6.56. The van der Waals surface area contributed by atoms with Crippen LogP contribution in [0.3, 0.4) is 0 Å². The predicted molar refractivity (Wildman–Crippen MR) is 77.3 cm³/mol. The maximum atomic E-state index is 12.3. The number of benzene rings is 1. The minimum Gasteiger partial charge on any atom is -0.496 e. The molecule has 0 aliphatic carbocycles. The summed E-state index contributed by atoms with van der Waals surface area (Å²) in [5.74, 6) is 0.699. The Bertz CT molecular complexity index is 538. The van der Waals surface area contributed by atoms with E-state index in [0.717, 1.165) is 5.56 Å². The zero-order valence-electron chi connectivity index (χ0n) is 11.8. The van der Waals surface area contributed by atoms with Gasteiger partial charge in [0.05, 0.1) is 19.8 Å². The zero-order valence-corrected chi connectivity index (χ0v) is 12.7. The van der Waals surface area contributed by atoms with Crippen LogP contribution >= 0.6 is 0 Å². The highest BCUT2D eigenvalue weighted by molar-refractivity contribution is 7.90. The van der Waals surface area contributed by atoms with Gasteiger partial charge in [0, 0.05) is 12.2 Å². The van der Waals surface area contributed by atoms with E-state index in [1.54, 1.807) is 7.11 Å². The Morgan fingerprint density at radius 1 is 1.45 bits per heavy atom. The lowest BCUT2D eigenvalue weighted by atomic mass is 10.0. The summed E-state index contributed by atoms with van der Waals surface area (Å²) in [5.41, 5.74) is 0.861. The molecule has 2 atom stereocenters. The van der Waals surface area contributed by atoms with Crippen molar-refractivity contribution >= 4 is 10.0 Å². The predicted octanol–water partition coefficient (Wildman–Crippen LogP) is 1.85. The highest BCUT2D eigenvalue weighted by Crippen LogP contribution is 2.28. The van der Waals surface area contributed by atoms with Gasteiger partial charge in [0.1, 0.15) is 11.0 Å². The minimum absolute atomic E-state index is 0.275. The van der Waals surface area contributed by atoms with E-state index in [0.29, 0.717) is 25.2 Å². The number of hydrogen-bond donors (Lipinski definition) is 1. The van der Waals surface area contributed by atoms with Crippen molar-refractivity contribution in [2.45, 2.75) is 31.1 Å². The normalized spacial score (nSPS) is 20.8. The maximum absolute atomic E-state index is 12.3. The second-order valence-electron chi connectivity index (χ2n) is 4.85. The molecule has 1 aliphatic heterocycles. The number of methoxy groups -OCH3 is 1. The third kappa shape index (κ3) is 3.31. The molecule has 0 radical (unpaired) electrons. The van der Waals surface area contributed by atoms with Gasteiger partial charge in [0.2, 0.25) is 10.0 Å². The summed E-state index contributed by atoms with van der Waals surface area (Å²) in [4.78, 5) is 0. The SMILES string of the molecule is CCC(NS(=O)(=O)C1CCOC1)c1ccccc1OC. The van der Waals surface area contributed by atoms with Crippen molar-refractivity contribution in [1.29, 1.82) is 0 Å². The second-order valence-corrected chi connectivity index (χ2v) is 6.84. The lowest BCUT2D eigenvalue weighted by Gasteiger charge is -2.21. The lowest BCUT2D eigenvalue weighted by molar-refractivity contribution is 0.198. The van der Waals surface area contributed by atoms with Crippen LogP contribution in [-0.2, 0) is 14.8 Å². The molecule has 1 saturated heterocycles. The van der Waals surface area contributed by atoms with Crippen LogP contribution < -0.4 is 9.46 Å². The van der Waals surface area contributed by atoms with Crippen LogP contribution in [0.1, 0.15) is 31.4 Å². The van der Waals surface area contributed by atoms with Gasteiger partial charge in [-0.3, -0.25) is 0 Å². The summed E-state index contributed by atoms with van der Waals surface area (Å²) in [6.45, 7) is 2.74. The van der Waals surface area contributed by atoms with E-state index < -0.39 is 15.3 Å². The highest BCUT2D eigenvalue weighted by Gasteiger charge is 2.32. The molecular formula is C14H21NO4S. The fourth-order valence-corrected chi connectivity index (χ4v) is 3.94. The molecule has 5 nitrogen and oxygen atoms in total. The number of nitrogens with one attached hydrogen (secondary N) is 1. The van der Waals surface area contributed by atoms with Crippen molar-refractivity contribution in [3.05, 3.63) is 29.8 Å². The van der Waals surface area contributed by atoms with Gasteiger partial charge in [-0.1, -0.05) is 25.1 Å². The Balaban J connectivity index is 2.20. The van der Waals surface area contributed by atoms with Gasteiger partial charge in [-0.15, -0.1) is 0 Å². The molecule has 0 aromatic heterocycles. The van der Waals surface area contributed by atoms with Crippen LogP contribution in [0.4, 0.5) is 0 Å². The molecule has 0 spiro atoms. The Morgan fingerprint density at radius 2 is 2.20 bits per heavy atom. The molecule has 1 fully saturated rings. The van der Waals surface area contributed by atoms with Crippen LogP contribution in [0, 0.1) is 0 Å². The van der Waals surface area contributed by atoms with Gasteiger partial charge >= 0.3 is 0 Å². The first-order valence-corrected chi connectivity index (χ1v) is 8.35. The molecule has 0 bridgehead atoms. The molecule has 112 valence electrons. The van der Waals surface area contributed by atoms with E-state index in [2.05, 4.69) is 4.72 Å². The first-order chi connectivity index (χ1) is 9.58. The summed E-state index contributed by atoms with van der Waals surface area (Å²) >= 11 is 0. The first kappa shape index (κ1) is 15.3. The largest absolute Gasteiger partial charge is 0.496 e. The van der Waals surface area contributed by atoms with E-state index in [4.69, 9.17) is 9.47 Å². The smallest absolute Gasteiger partial charge is 0.217 e. The standard InChI is InChI=1S/C14H21NO4S/c1-3-13(12-6-4-5-7-14(12)18-2)15-20(16,17)11-8-9-19-10-11/h4-7,11,13,15H,3,8-10H2,1-2H3. The summed E-state index contributed by atoms with van der Waals surface area (Å²) in [6, 6.07) is 7.20. The van der Waals surface area contributed by atoms with E-state index in [1.807, 2.05) is 31.2 Å². The molecule has 2 rings (SSSR count). The fraction of sp³-hybridized carbons (Fsp3) is 0.571. The summed E-state index contributed by atoms with van der Waals surface area (Å²) in [5, 5.41) is -0.453. The third-order valence-corrected chi connectivity index (χ3v) is 5.42. The number of rotatable bonds is 6. The van der Waals surface area contributed by atoms with Crippen molar-refractivity contribution < 1.29 is 17.9 Å². The van der Waals surface area contributed by atoms with Crippen molar-refractivity contribution in [3.63, 3.8) is 0 Å².